The highest BCUT2D eigenvalue weighted by atomic mass is 32.2. The summed E-state index contributed by atoms with van der Waals surface area (Å²) in [6.07, 6.45) is -9.67. The molecule has 36 heavy (non-hydrogen) atoms. The highest BCUT2D eigenvalue weighted by Gasteiger charge is 2.46. The van der Waals surface area contributed by atoms with Crippen LogP contribution in [0.4, 0.5) is 0 Å². The van der Waals surface area contributed by atoms with Gasteiger partial charge in [0, 0.05) is 25.7 Å². The molecular formula is C20H36N2O12S2. The molecule has 2 heterocycles. The molecule has 2 aliphatic heterocycles. The van der Waals surface area contributed by atoms with Gasteiger partial charge in [-0.15, -0.1) is 0 Å². The quantitative estimate of drug-likeness (QED) is 0.0998. The van der Waals surface area contributed by atoms with E-state index in [1.165, 1.54) is 37.7 Å². The summed E-state index contributed by atoms with van der Waals surface area (Å²) >= 11 is 2.59. The number of carbonyl (C=O) groups is 2. The van der Waals surface area contributed by atoms with Crippen LogP contribution in [0.25, 0.3) is 0 Å². The molecule has 0 bridgehead atoms. The minimum Gasteiger partial charge on any atom is -0.394 e. The summed E-state index contributed by atoms with van der Waals surface area (Å²) in [5.74, 6) is 0.344. The molecule has 2 aliphatic rings. The fourth-order valence-corrected chi connectivity index (χ4v) is 5.55. The summed E-state index contributed by atoms with van der Waals surface area (Å²) in [7, 11) is 2.63. The van der Waals surface area contributed by atoms with E-state index in [-0.39, 0.29) is 11.5 Å². The summed E-state index contributed by atoms with van der Waals surface area (Å²) in [6.45, 7) is -1.03. The third kappa shape index (κ3) is 8.37. The van der Waals surface area contributed by atoms with Crippen molar-refractivity contribution < 1.29 is 59.2 Å². The van der Waals surface area contributed by atoms with Gasteiger partial charge in [0.25, 0.3) is 0 Å². The maximum absolute atomic E-state index is 12.3. The van der Waals surface area contributed by atoms with E-state index in [1.54, 1.807) is 0 Å². The van der Waals surface area contributed by atoms with Crippen molar-refractivity contribution in [2.75, 3.05) is 50.4 Å². The number of hydrogen-bond acceptors (Lipinski definition) is 14. The standard InChI is InChI=1S/C20H36N2O12S2/c1-31-19-13(17(29)15(27)9(5-23)33-19)21-11(25)7-35-3-4-36-8-12(26)22-14-18(30)16(28)10(6-24)34-20(14)32-2/h9-10,13-20,23-24,27-30H,3-8H2,1-2H3,(H,21,25)(H,22,26)/t9-,10-,13-,14-,15-,16-,17-,18-,19+,20+/m1/s1. The van der Waals surface area contributed by atoms with Crippen molar-refractivity contribution in [3.63, 3.8) is 0 Å². The smallest absolute Gasteiger partial charge is 0.230 e. The van der Waals surface area contributed by atoms with Crippen molar-refractivity contribution in [3.05, 3.63) is 0 Å². The third-order valence-electron chi connectivity index (χ3n) is 5.72. The number of rotatable bonds is 13. The Labute approximate surface area is 217 Å². The van der Waals surface area contributed by atoms with Gasteiger partial charge < -0.3 is 60.2 Å². The van der Waals surface area contributed by atoms with Crippen molar-refractivity contribution >= 4 is 35.3 Å². The van der Waals surface area contributed by atoms with Gasteiger partial charge in [-0.1, -0.05) is 0 Å². The lowest BCUT2D eigenvalue weighted by Crippen LogP contribution is -2.64. The first kappa shape index (κ1) is 31.5. The Bertz CT molecular complexity index is 635. The van der Waals surface area contributed by atoms with Gasteiger partial charge in [-0.25, -0.2) is 0 Å². The topological polar surface area (TPSA) is 216 Å². The minimum absolute atomic E-state index is 0.0526. The van der Waals surface area contributed by atoms with E-state index in [0.717, 1.165) is 0 Å². The number of ether oxygens (including phenoxy) is 4. The second-order valence-electron chi connectivity index (χ2n) is 8.18. The Kier molecular flexibility index (Phi) is 13.6. The van der Waals surface area contributed by atoms with E-state index in [0.29, 0.717) is 11.5 Å². The molecule has 0 aromatic rings. The monoisotopic (exact) mass is 560 g/mol. The van der Waals surface area contributed by atoms with Crippen LogP contribution >= 0.6 is 23.5 Å². The van der Waals surface area contributed by atoms with Crippen LogP contribution in [0.1, 0.15) is 0 Å². The first-order chi connectivity index (χ1) is 17.2. The molecular weight excluding hydrogens is 524 g/mol. The molecule has 8 N–H and O–H groups in total. The summed E-state index contributed by atoms with van der Waals surface area (Å²) in [4.78, 5) is 24.5. The van der Waals surface area contributed by atoms with E-state index in [2.05, 4.69) is 10.6 Å². The van der Waals surface area contributed by atoms with E-state index < -0.39 is 86.3 Å². The molecule has 2 fully saturated rings. The first-order valence-corrected chi connectivity index (χ1v) is 13.5. The Morgan fingerprint density at radius 3 is 1.39 bits per heavy atom. The van der Waals surface area contributed by atoms with E-state index in [4.69, 9.17) is 18.9 Å². The molecule has 0 aromatic carbocycles. The lowest BCUT2D eigenvalue weighted by atomic mass is 9.97. The lowest BCUT2D eigenvalue weighted by Gasteiger charge is -2.41. The SMILES string of the molecule is CO[C@H]1O[C@H](CO)[C@@H](O)[C@H](O)[C@H]1NC(=O)CSCCSCC(=O)N[C@H]1[C@@H](OC)O[C@H](CO)[C@@H](O)[C@@H]1O. The average Bonchev–Trinajstić information content (AvgIpc) is 2.87. The van der Waals surface area contributed by atoms with Gasteiger partial charge in [0.05, 0.1) is 24.7 Å². The number of hydrogen-bond donors (Lipinski definition) is 8. The molecule has 14 nitrogen and oxygen atoms in total. The Morgan fingerprint density at radius 1 is 0.722 bits per heavy atom. The van der Waals surface area contributed by atoms with Gasteiger partial charge in [-0.3, -0.25) is 9.59 Å². The normalized spacial score (nSPS) is 36.9. The summed E-state index contributed by atoms with van der Waals surface area (Å²) in [6, 6.07) is -2.03. The van der Waals surface area contributed by atoms with Crippen LogP contribution in [0, 0.1) is 0 Å². The van der Waals surface area contributed by atoms with E-state index in [1.807, 2.05) is 0 Å². The van der Waals surface area contributed by atoms with Crippen molar-refractivity contribution in [3.8, 4) is 0 Å². The molecule has 0 radical (unpaired) electrons. The van der Waals surface area contributed by atoms with Crippen LogP contribution in [0.3, 0.4) is 0 Å². The molecule has 16 heteroatoms. The van der Waals surface area contributed by atoms with Gasteiger partial charge in [0.2, 0.25) is 11.8 Å². The van der Waals surface area contributed by atoms with Crippen LogP contribution in [0.2, 0.25) is 0 Å². The molecule has 2 amide bonds. The Morgan fingerprint density at radius 2 is 1.08 bits per heavy atom. The second kappa shape index (κ2) is 15.6. The molecule has 0 saturated carbocycles. The Hall–Kier alpha value is -0.760. The lowest BCUT2D eigenvalue weighted by molar-refractivity contribution is -0.262. The Balaban J connectivity index is 1.66. The highest BCUT2D eigenvalue weighted by molar-refractivity contribution is 8.03. The zero-order chi connectivity index (χ0) is 26.8. The second-order valence-corrected chi connectivity index (χ2v) is 10.4. The fourth-order valence-electron chi connectivity index (χ4n) is 3.78. The maximum Gasteiger partial charge on any atom is 0.230 e. The summed E-state index contributed by atoms with van der Waals surface area (Å²) < 4.78 is 20.9. The summed E-state index contributed by atoms with van der Waals surface area (Å²) in [5.41, 5.74) is 0. The number of aliphatic hydroxyl groups excluding tert-OH is 6. The predicted molar refractivity (Wildman–Crippen MR) is 128 cm³/mol. The molecule has 0 spiro atoms. The predicted octanol–water partition coefficient (Wildman–Crippen LogP) is -4.41. The molecule has 0 aliphatic carbocycles. The molecule has 0 unspecified atom stereocenters. The number of amides is 2. The van der Waals surface area contributed by atoms with Crippen LogP contribution in [-0.4, -0.2) is 154 Å². The van der Waals surface area contributed by atoms with Crippen molar-refractivity contribution in [2.24, 2.45) is 0 Å². The van der Waals surface area contributed by atoms with Crippen LogP contribution in [0.15, 0.2) is 0 Å². The number of nitrogens with one attached hydrogen (secondary N) is 2. The van der Waals surface area contributed by atoms with Gasteiger partial charge in [-0.05, 0) is 0 Å². The average molecular weight is 561 g/mol. The van der Waals surface area contributed by atoms with Gasteiger partial charge >= 0.3 is 0 Å². The first-order valence-electron chi connectivity index (χ1n) is 11.2. The summed E-state index contributed by atoms with van der Waals surface area (Å²) in [5, 5.41) is 64.1. The van der Waals surface area contributed by atoms with Crippen LogP contribution in [0.5, 0.6) is 0 Å². The van der Waals surface area contributed by atoms with E-state index >= 15 is 0 Å². The molecule has 0 aromatic heterocycles. The van der Waals surface area contributed by atoms with Gasteiger partial charge in [-0.2, -0.15) is 23.5 Å². The third-order valence-corrected chi connectivity index (χ3v) is 7.90. The number of aliphatic hydroxyl groups is 6. The zero-order valence-electron chi connectivity index (χ0n) is 20.0. The van der Waals surface area contributed by atoms with Crippen LogP contribution < -0.4 is 10.6 Å². The highest BCUT2D eigenvalue weighted by Crippen LogP contribution is 2.23. The molecule has 10 atom stereocenters. The number of methoxy groups -OCH3 is 2. The maximum atomic E-state index is 12.3. The van der Waals surface area contributed by atoms with Crippen LogP contribution in [-0.2, 0) is 28.5 Å². The van der Waals surface area contributed by atoms with Gasteiger partial charge in [0.15, 0.2) is 12.6 Å². The number of thioether (sulfide) groups is 2. The van der Waals surface area contributed by atoms with Crippen molar-refractivity contribution in [2.45, 2.75) is 61.3 Å². The fraction of sp³-hybridized carbons (Fsp3) is 0.900. The molecule has 2 rings (SSSR count). The zero-order valence-corrected chi connectivity index (χ0v) is 21.6. The van der Waals surface area contributed by atoms with Crippen molar-refractivity contribution in [1.29, 1.82) is 0 Å². The van der Waals surface area contributed by atoms with Gasteiger partial charge in [0.1, 0.15) is 48.7 Å². The molecule has 2 saturated heterocycles. The molecule has 210 valence electrons. The van der Waals surface area contributed by atoms with E-state index in [9.17, 15) is 40.2 Å². The number of carbonyl (C=O) groups excluding carboxylic acids is 2. The minimum atomic E-state index is -1.39. The largest absolute Gasteiger partial charge is 0.394 e. The van der Waals surface area contributed by atoms with Crippen molar-refractivity contribution in [1.82, 2.24) is 10.6 Å².